The van der Waals surface area contributed by atoms with E-state index in [0.717, 1.165) is 25.7 Å². The number of hydrogen-bond donors (Lipinski definition) is 2. The quantitative estimate of drug-likeness (QED) is 0.807. The maximum absolute atomic E-state index is 11.9. The molecule has 0 aromatic carbocycles. The molecule has 4 nitrogen and oxygen atoms in total. The molecule has 0 aromatic rings. The summed E-state index contributed by atoms with van der Waals surface area (Å²) in [6, 6.07) is 0.685. The Morgan fingerprint density at radius 3 is 1.94 bits per heavy atom. The summed E-state index contributed by atoms with van der Waals surface area (Å²) in [7, 11) is -1.17. The second kappa shape index (κ2) is 5.67. The zero-order chi connectivity index (χ0) is 13.1. The van der Waals surface area contributed by atoms with Gasteiger partial charge in [0.1, 0.15) is 0 Å². The van der Waals surface area contributed by atoms with Crippen LogP contribution in [0.25, 0.3) is 0 Å². The first kappa shape index (κ1) is 14.9. The van der Waals surface area contributed by atoms with Crippen LogP contribution in [0.4, 0.5) is 0 Å². The summed E-state index contributed by atoms with van der Waals surface area (Å²) >= 11 is 0. The molecule has 0 bridgehead atoms. The molecule has 0 atom stereocenters. The molecule has 1 saturated carbocycles. The molecule has 0 spiro atoms. The second-order valence-electron chi connectivity index (χ2n) is 6.27. The van der Waals surface area contributed by atoms with E-state index >= 15 is 0 Å². The van der Waals surface area contributed by atoms with Gasteiger partial charge in [0.25, 0.3) is 0 Å². The standard InChI is InChI=1S/C12H26N2O2S/c1-12(2,3)9-17(15,16)14-11-7-5-10(13-4)6-8-11/h10-11,13-14H,5-9H2,1-4H3. The Hall–Kier alpha value is -0.130. The molecule has 5 heteroatoms. The Bertz CT molecular complexity index is 325. The minimum atomic E-state index is -3.13. The van der Waals surface area contributed by atoms with Gasteiger partial charge in [0, 0.05) is 12.1 Å². The van der Waals surface area contributed by atoms with Gasteiger partial charge in [0.15, 0.2) is 0 Å². The van der Waals surface area contributed by atoms with Gasteiger partial charge >= 0.3 is 0 Å². The van der Waals surface area contributed by atoms with Crippen molar-refractivity contribution in [1.82, 2.24) is 10.0 Å². The third-order valence-corrected chi connectivity index (χ3v) is 5.04. The van der Waals surface area contributed by atoms with E-state index in [-0.39, 0.29) is 17.2 Å². The first-order chi connectivity index (χ1) is 7.72. The fourth-order valence-corrected chi connectivity index (χ4v) is 4.33. The molecule has 0 radical (unpaired) electrons. The zero-order valence-corrected chi connectivity index (χ0v) is 12.2. The van der Waals surface area contributed by atoms with E-state index in [4.69, 9.17) is 0 Å². The van der Waals surface area contributed by atoms with Crippen molar-refractivity contribution in [1.29, 1.82) is 0 Å². The molecule has 0 amide bonds. The lowest BCUT2D eigenvalue weighted by atomic mass is 9.92. The Balaban J connectivity index is 2.44. The largest absolute Gasteiger partial charge is 0.317 e. The van der Waals surface area contributed by atoms with Crippen molar-refractivity contribution in [3.63, 3.8) is 0 Å². The lowest BCUT2D eigenvalue weighted by Crippen LogP contribution is -2.43. The van der Waals surface area contributed by atoms with Crippen LogP contribution in [0.2, 0.25) is 0 Å². The van der Waals surface area contributed by atoms with E-state index in [9.17, 15) is 8.42 Å². The highest BCUT2D eigenvalue weighted by Crippen LogP contribution is 2.21. The molecule has 0 saturated heterocycles. The highest BCUT2D eigenvalue weighted by atomic mass is 32.2. The fraction of sp³-hybridized carbons (Fsp3) is 1.00. The molecule has 1 aliphatic rings. The van der Waals surface area contributed by atoms with Gasteiger partial charge in [-0.15, -0.1) is 0 Å². The Morgan fingerprint density at radius 2 is 1.53 bits per heavy atom. The van der Waals surface area contributed by atoms with Crippen LogP contribution in [0.15, 0.2) is 0 Å². The lowest BCUT2D eigenvalue weighted by Gasteiger charge is -2.29. The SMILES string of the molecule is CNC1CCC(NS(=O)(=O)CC(C)(C)C)CC1. The van der Waals surface area contributed by atoms with E-state index in [2.05, 4.69) is 10.0 Å². The molecule has 0 heterocycles. The van der Waals surface area contributed by atoms with Crippen molar-refractivity contribution in [3.05, 3.63) is 0 Å². The maximum atomic E-state index is 11.9. The van der Waals surface area contributed by atoms with Gasteiger partial charge in [0.05, 0.1) is 5.75 Å². The Kier molecular flexibility index (Phi) is 4.98. The molecule has 2 N–H and O–H groups in total. The van der Waals surface area contributed by atoms with Crippen molar-refractivity contribution in [2.24, 2.45) is 5.41 Å². The second-order valence-corrected chi connectivity index (χ2v) is 8.03. The zero-order valence-electron chi connectivity index (χ0n) is 11.4. The highest BCUT2D eigenvalue weighted by Gasteiger charge is 2.27. The minimum absolute atomic E-state index is 0.131. The van der Waals surface area contributed by atoms with Crippen LogP contribution in [-0.4, -0.2) is 33.3 Å². The van der Waals surface area contributed by atoms with Crippen molar-refractivity contribution in [2.45, 2.75) is 58.5 Å². The van der Waals surface area contributed by atoms with Gasteiger partial charge in [-0.3, -0.25) is 0 Å². The third kappa shape index (κ3) is 5.84. The van der Waals surface area contributed by atoms with E-state index in [0.29, 0.717) is 6.04 Å². The Morgan fingerprint density at radius 1 is 1.06 bits per heavy atom. The van der Waals surface area contributed by atoms with Gasteiger partial charge in [-0.25, -0.2) is 13.1 Å². The molecule has 1 fully saturated rings. The topological polar surface area (TPSA) is 58.2 Å². The van der Waals surface area contributed by atoms with Crippen LogP contribution >= 0.6 is 0 Å². The summed E-state index contributed by atoms with van der Waals surface area (Å²) in [4.78, 5) is 0. The lowest BCUT2D eigenvalue weighted by molar-refractivity contribution is 0.341. The van der Waals surface area contributed by atoms with E-state index in [1.807, 2.05) is 27.8 Å². The van der Waals surface area contributed by atoms with Gasteiger partial charge in [0.2, 0.25) is 10.0 Å². The summed E-state index contributed by atoms with van der Waals surface area (Å²) < 4.78 is 26.7. The van der Waals surface area contributed by atoms with Crippen LogP contribution in [-0.2, 0) is 10.0 Å². The van der Waals surface area contributed by atoms with E-state index in [1.165, 1.54) is 0 Å². The van der Waals surface area contributed by atoms with Gasteiger partial charge in [-0.05, 0) is 38.1 Å². The third-order valence-electron chi connectivity index (χ3n) is 3.10. The van der Waals surface area contributed by atoms with Gasteiger partial charge in [-0.1, -0.05) is 20.8 Å². The average molecular weight is 262 g/mol. The molecule has 0 aromatic heterocycles. The highest BCUT2D eigenvalue weighted by molar-refractivity contribution is 7.89. The summed E-state index contributed by atoms with van der Waals surface area (Å²) in [6.07, 6.45) is 3.99. The molecule has 0 unspecified atom stereocenters. The van der Waals surface area contributed by atoms with Crippen LogP contribution < -0.4 is 10.0 Å². The smallest absolute Gasteiger partial charge is 0.212 e. The van der Waals surface area contributed by atoms with Crippen LogP contribution in [0.3, 0.4) is 0 Å². The van der Waals surface area contributed by atoms with Gasteiger partial charge < -0.3 is 5.32 Å². The molecular weight excluding hydrogens is 236 g/mol. The fourth-order valence-electron chi connectivity index (χ4n) is 2.37. The summed E-state index contributed by atoms with van der Waals surface area (Å²) in [5, 5.41) is 3.25. The predicted molar refractivity (Wildman–Crippen MR) is 71.5 cm³/mol. The molecular formula is C12H26N2O2S. The summed E-state index contributed by atoms with van der Waals surface area (Å²) in [5.41, 5.74) is -0.186. The number of sulfonamides is 1. The molecule has 17 heavy (non-hydrogen) atoms. The average Bonchev–Trinajstić information content (AvgIpc) is 2.14. The number of rotatable bonds is 4. The first-order valence-electron chi connectivity index (χ1n) is 6.39. The van der Waals surface area contributed by atoms with Crippen LogP contribution in [0, 0.1) is 5.41 Å². The summed E-state index contributed by atoms with van der Waals surface area (Å²) in [6.45, 7) is 5.85. The van der Waals surface area contributed by atoms with E-state index < -0.39 is 10.0 Å². The molecule has 1 aliphatic carbocycles. The molecule has 0 aliphatic heterocycles. The number of nitrogens with one attached hydrogen (secondary N) is 2. The minimum Gasteiger partial charge on any atom is -0.317 e. The number of hydrogen-bond acceptors (Lipinski definition) is 3. The van der Waals surface area contributed by atoms with Crippen molar-refractivity contribution >= 4 is 10.0 Å². The van der Waals surface area contributed by atoms with Crippen molar-refractivity contribution < 1.29 is 8.42 Å². The summed E-state index contributed by atoms with van der Waals surface area (Å²) in [5.74, 6) is 0.200. The van der Waals surface area contributed by atoms with Gasteiger partial charge in [-0.2, -0.15) is 0 Å². The first-order valence-corrected chi connectivity index (χ1v) is 8.04. The molecule has 1 rings (SSSR count). The van der Waals surface area contributed by atoms with E-state index in [1.54, 1.807) is 0 Å². The van der Waals surface area contributed by atoms with Crippen molar-refractivity contribution in [2.75, 3.05) is 12.8 Å². The van der Waals surface area contributed by atoms with Crippen LogP contribution in [0.1, 0.15) is 46.5 Å². The maximum Gasteiger partial charge on any atom is 0.212 e. The molecule has 102 valence electrons. The van der Waals surface area contributed by atoms with Crippen LogP contribution in [0.5, 0.6) is 0 Å². The van der Waals surface area contributed by atoms with Crippen molar-refractivity contribution in [3.8, 4) is 0 Å². The normalized spacial score (nSPS) is 27.1. The monoisotopic (exact) mass is 262 g/mol. The predicted octanol–water partition coefficient (Wildman–Crippen LogP) is 1.48. The Labute approximate surface area is 106 Å².